The number of benzene rings is 2. The lowest BCUT2D eigenvalue weighted by Crippen LogP contribution is -2.14. The number of fused-ring (bicyclic) bond motifs is 1. The zero-order valence-corrected chi connectivity index (χ0v) is 13.6. The summed E-state index contributed by atoms with van der Waals surface area (Å²) >= 11 is 3.26. The molecule has 0 aliphatic heterocycles. The van der Waals surface area contributed by atoms with E-state index in [-0.39, 0.29) is 11.0 Å². The van der Waals surface area contributed by atoms with Gasteiger partial charge < -0.3 is 4.98 Å². The van der Waals surface area contributed by atoms with Crippen LogP contribution in [0.4, 0.5) is 18.9 Å². The van der Waals surface area contributed by atoms with Crippen LogP contribution in [0.25, 0.3) is 10.9 Å². The molecule has 2 aromatic carbocycles. The SMILES string of the molecule is O=S(=O)(Nc1cc(F)c(F)cc1F)c1c[nH]c2cc(Br)ccc12. The van der Waals surface area contributed by atoms with Crippen molar-refractivity contribution in [2.45, 2.75) is 4.90 Å². The smallest absolute Gasteiger partial charge is 0.264 e. The van der Waals surface area contributed by atoms with E-state index in [1.54, 1.807) is 18.2 Å². The van der Waals surface area contributed by atoms with E-state index >= 15 is 0 Å². The van der Waals surface area contributed by atoms with Gasteiger partial charge in [0.25, 0.3) is 10.0 Å². The highest BCUT2D eigenvalue weighted by Crippen LogP contribution is 2.28. The Morgan fingerprint density at radius 3 is 2.43 bits per heavy atom. The molecule has 0 spiro atoms. The minimum atomic E-state index is -4.19. The lowest BCUT2D eigenvalue weighted by atomic mass is 10.2. The van der Waals surface area contributed by atoms with Gasteiger partial charge in [-0.05, 0) is 12.1 Å². The number of aromatic amines is 1. The Bertz CT molecular complexity index is 1020. The van der Waals surface area contributed by atoms with Crippen LogP contribution in [0.15, 0.2) is 45.9 Å². The van der Waals surface area contributed by atoms with Crippen LogP contribution in [0.3, 0.4) is 0 Å². The van der Waals surface area contributed by atoms with Crippen molar-refractivity contribution in [3.63, 3.8) is 0 Å². The maximum absolute atomic E-state index is 13.6. The van der Waals surface area contributed by atoms with Crippen molar-refractivity contribution < 1.29 is 21.6 Å². The first kappa shape index (κ1) is 15.9. The Labute approximate surface area is 137 Å². The van der Waals surface area contributed by atoms with E-state index in [0.29, 0.717) is 17.0 Å². The van der Waals surface area contributed by atoms with Crippen LogP contribution in [0.1, 0.15) is 0 Å². The topological polar surface area (TPSA) is 62.0 Å². The normalized spacial score (nSPS) is 11.8. The fourth-order valence-corrected chi connectivity index (χ4v) is 3.69. The Hall–Kier alpha value is -2.00. The monoisotopic (exact) mass is 404 g/mol. The van der Waals surface area contributed by atoms with Gasteiger partial charge in [0.1, 0.15) is 10.7 Å². The highest BCUT2D eigenvalue weighted by Gasteiger charge is 2.21. The summed E-state index contributed by atoms with van der Waals surface area (Å²) in [7, 11) is -4.19. The Morgan fingerprint density at radius 2 is 1.70 bits per heavy atom. The summed E-state index contributed by atoms with van der Waals surface area (Å²) in [6.07, 6.45) is 1.23. The number of nitrogens with one attached hydrogen (secondary N) is 2. The summed E-state index contributed by atoms with van der Waals surface area (Å²) in [6, 6.07) is 5.61. The summed E-state index contributed by atoms with van der Waals surface area (Å²) in [5.41, 5.74) is -0.124. The van der Waals surface area contributed by atoms with Gasteiger partial charge in [-0.2, -0.15) is 0 Å². The zero-order valence-electron chi connectivity index (χ0n) is 11.2. The fourth-order valence-electron chi connectivity index (χ4n) is 2.09. The van der Waals surface area contributed by atoms with Crippen molar-refractivity contribution in [2.24, 2.45) is 0 Å². The second-order valence-electron chi connectivity index (χ2n) is 4.69. The number of hydrogen-bond donors (Lipinski definition) is 2. The maximum Gasteiger partial charge on any atom is 0.264 e. The van der Waals surface area contributed by atoms with Gasteiger partial charge in [-0.1, -0.05) is 22.0 Å². The summed E-state index contributed by atoms with van der Waals surface area (Å²) in [5, 5.41) is 0.378. The van der Waals surface area contributed by atoms with Crippen LogP contribution >= 0.6 is 15.9 Å². The van der Waals surface area contributed by atoms with Crippen molar-refractivity contribution in [3.8, 4) is 0 Å². The molecule has 1 aromatic heterocycles. The van der Waals surface area contributed by atoms with E-state index in [4.69, 9.17) is 0 Å². The molecule has 120 valence electrons. The Morgan fingerprint density at radius 1 is 1.00 bits per heavy atom. The van der Waals surface area contributed by atoms with Gasteiger partial charge in [0.2, 0.25) is 0 Å². The molecule has 23 heavy (non-hydrogen) atoms. The van der Waals surface area contributed by atoms with Gasteiger partial charge in [-0.3, -0.25) is 4.72 Å². The molecule has 0 atom stereocenters. The van der Waals surface area contributed by atoms with E-state index in [2.05, 4.69) is 20.9 Å². The molecule has 0 amide bonds. The molecule has 0 unspecified atom stereocenters. The van der Waals surface area contributed by atoms with Crippen LogP contribution in [0.2, 0.25) is 0 Å². The summed E-state index contributed by atoms with van der Waals surface area (Å²) < 4.78 is 67.2. The molecule has 2 N–H and O–H groups in total. The molecule has 0 saturated heterocycles. The third-order valence-corrected chi connectivity index (χ3v) is 5.05. The van der Waals surface area contributed by atoms with E-state index in [0.717, 1.165) is 4.47 Å². The Kier molecular flexibility index (Phi) is 3.85. The first-order valence-electron chi connectivity index (χ1n) is 6.22. The molecule has 0 fully saturated rings. The second-order valence-corrected chi connectivity index (χ2v) is 7.26. The average Bonchev–Trinajstić information content (AvgIpc) is 2.88. The Balaban J connectivity index is 2.06. The second kappa shape index (κ2) is 5.57. The van der Waals surface area contributed by atoms with Crippen LogP contribution in [-0.2, 0) is 10.0 Å². The minimum Gasteiger partial charge on any atom is -0.360 e. The predicted molar refractivity (Wildman–Crippen MR) is 83.1 cm³/mol. The number of halogens is 4. The molecule has 4 nitrogen and oxygen atoms in total. The first-order valence-corrected chi connectivity index (χ1v) is 8.49. The standard InChI is InChI=1S/C14H8BrF3N2O2S/c15-7-1-2-8-12(3-7)19-6-14(8)23(21,22)20-13-5-10(17)9(16)4-11(13)18/h1-6,19-20H. The maximum atomic E-state index is 13.6. The molecule has 0 aliphatic carbocycles. The number of anilines is 1. The molecule has 3 rings (SSSR count). The molecule has 1 heterocycles. The van der Waals surface area contributed by atoms with Gasteiger partial charge in [-0.15, -0.1) is 0 Å². The lowest BCUT2D eigenvalue weighted by Gasteiger charge is -2.08. The molecule has 3 aromatic rings. The number of aromatic nitrogens is 1. The number of sulfonamides is 1. The van der Waals surface area contributed by atoms with Gasteiger partial charge >= 0.3 is 0 Å². The average molecular weight is 405 g/mol. The van der Waals surface area contributed by atoms with Crippen LogP contribution in [0, 0.1) is 17.5 Å². The summed E-state index contributed by atoms with van der Waals surface area (Å²) in [5.74, 6) is -3.97. The highest BCUT2D eigenvalue weighted by atomic mass is 79.9. The van der Waals surface area contributed by atoms with Crippen molar-refractivity contribution in [3.05, 3.63) is 58.5 Å². The fraction of sp³-hybridized carbons (Fsp3) is 0. The molecule has 0 radical (unpaired) electrons. The third kappa shape index (κ3) is 2.93. The van der Waals surface area contributed by atoms with Crippen molar-refractivity contribution in [1.29, 1.82) is 0 Å². The van der Waals surface area contributed by atoms with Gasteiger partial charge in [-0.25, -0.2) is 21.6 Å². The number of rotatable bonds is 3. The van der Waals surface area contributed by atoms with Gasteiger partial charge in [0, 0.05) is 33.7 Å². The highest BCUT2D eigenvalue weighted by molar-refractivity contribution is 9.10. The van der Waals surface area contributed by atoms with Crippen molar-refractivity contribution in [1.82, 2.24) is 4.98 Å². The molecular weight excluding hydrogens is 397 g/mol. The number of hydrogen-bond acceptors (Lipinski definition) is 2. The molecule has 9 heteroatoms. The predicted octanol–water partition coefficient (Wildman–Crippen LogP) is 4.15. The summed E-state index contributed by atoms with van der Waals surface area (Å²) in [6.45, 7) is 0. The van der Waals surface area contributed by atoms with E-state index < -0.39 is 33.2 Å². The summed E-state index contributed by atoms with van der Waals surface area (Å²) in [4.78, 5) is 2.64. The van der Waals surface area contributed by atoms with Crippen LogP contribution < -0.4 is 4.72 Å². The zero-order chi connectivity index (χ0) is 16.8. The lowest BCUT2D eigenvalue weighted by molar-refractivity contribution is 0.496. The third-order valence-electron chi connectivity index (χ3n) is 3.15. The molecule has 0 aliphatic rings. The quantitative estimate of drug-likeness (QED) is 0.644. The molecular formula is C14H8BrF3N2O2S. The van der Waals surface area contributed by atoms with E-state index in [1.807, 2.05) is 4.72 Å². The largest absolute Gasteiger partial charge is 0.360 e. The van der Waals surface area contributed by atoms with Gasteiger partial charge in [0.15, 0.2) is 11.6 Å². The van der Waals surface area contributed by atoms with Gasteiger partial charge in [0.05, 0.1) is 5.69 Å². The van der Waals surface area contributed by atoms with E-state index in [1.165, 1.54) is 6.20 Å². The van der Waals surface area contributed by atoms with Crippen molar-refractivity contribution in [2.75, 3.05) is 4.72 Å². The molecule has 0 saturated carbocycles. The minimum absolute atomic E-state index is 0.135. The van der Waals surface area contributed by atoms with Crippen LogP contribution in [0.5, 0.6) is 0 Å². The molecule has 0 bridgehead atoms. The van der Waals surface area contributed by atoms with E-state index in [9.17, 15) is 21.6 Å². The first-order chi connectivity index (χ1) is 10.8. The number of H-pyrrole nitrogens is 1. The van der Waals surface area contributed by atoms with Crippen LogP contribution in [-0.4, -0.2) is 13.4 Å². The van der Waals surface area contributed by atoms with Crippen molar-refractivity contribution >= 4 is 42.5 Å².